The minimum absolute atomic E-state index is 0. The van der Waals surface area contributed by atoms with Crippen molar-refractivity contribution in [3.05, 3.63) is 33.9 Å². The lowest BCUT2D eigenvalue weighted by atomic mass is 10.1. The van der Waals surface area contributed by atoms with Gasteiger partial charge in [0.15, 0.2) is 5.69 Å². The third-order valence-electron chi connectivity index (χ3n) is 3.87. The van der Waals surface area contributed by atoms with Gasteiger partial charge in [-0.05, 0) is 25.2 Å². The molecule has 0 bridgehead atoms. The van der Waals surface area contributed by atoms with E-state index < -0.39 is 5.97 Å². The molecule has 156 valence electrons. The van der Waals surface area contributed by atoms with Crippen LogP contribution in [0.25, 0.3) is 10.9 Å². The van der Waals surface area contributed by atoms with Crippen LogP contribution in [-0.2, 0) is 0 Å². The van der Waals surface area contributed by atoms with Gasteiger partial charge in [0.25, 0.3) is 0 Å². The number of anilines is 1. The standard InChI is InChI=1S/C15H15Cl2N3O2.2ClH.3H2O/c1-19-2-4-20(5-3-19)13-8-12(15(21)22)18-11-7-9(16)6-10(17)14(11)13;;;;;/h6-8H,2-5H2,1H3,(H,21,22);2*1H;3*1H2. The summed E-state index contributed by atoms with van der Waals surface area (Å²) < 4.78 is 0. The van der Waals surface area contributed by atoms with Gasteiger partial charge in [-0.25, -0.2) is 9.78 Å². The summed E-state index contributed by atoms with van der Waals surface area (Å²) in [5, 5.41) is 11.0. The fraction of sp³-hybridized carbons (Fsp3) is 0.333. The first-order valence-electron chi connectivity index (χ1n) is 6.92. The van der Waals surface area contributed by atoms with Crippen LogP contribution in [0.15, 0.2) is 18.2 Å². The van der Waals surface area contributed by atoms with Crippen LogP contribution >= 0.6 is 48.0 Å². The molecule has 1 aliphatic heterocycles. The van der Waals surface area contributed by atoms with Crippen molar-refractivity contribution in [2.24, 2.45) is 0 Å². The number of pyridine rings is 1. The zero-order valence-corrected chi connectivity index (χ0v) is 17.5. The summed E-state index contributed by atoms with van der Waals surface area (Å²) in [6, 6.07) is 4.90. The van der Waals surface area contributed by atoms with E-state index in [4.69, 9.17) is 23.2 Å². The molecule has 2 aromatic rings. The van der Waals surface area contributed by atoms with E-state index in [1.807, 2.05) is 0 Å². The topological polar surface area (TPSA) is 151 Å². The van der Waals surface area contributed by atoms with Crippen molar-refractivity contribution in [3.63, 3.8) is 0 Å². The average molecular weight is 467 g/mol. The molecule has 0 radical (unpaired) electrons. The predicted molar refractivity (Wildman–Crippen MR) is 114 cm³/mol. The van der Waals surface area contributed by atoms with E-state index in [-0.39, 0.29) is 46.9 Å². The first-order valence-corrected chi connectivity index (χ1v) is 7.68. The molecular formula is C15H23Cl4N3O5. The van der Waals surface area contributed by atoms with Crippen LogP contribution < -0.4 is 4.90 Å². The van der Waals surface area contributed by atoms with Gasteiger partial charge in [0.2, 0.25) is 0 Å². The fourth-order valence-electron chi connectivity index (χ4n) is 2.67. The third kappa shape index (κ3) is 6.48. The van der Waals surface area contributed by atoms with Crippen LogP contribution in [0.3, 0.4) is 0 Å². The van der Waals surface area contributed by atoms with Crippen molar-refractivity contribution in [3.8, 4) is 0 Å². The van der Waals surface area contributed by atoms with E-state index in [1.165, 1.54) is 0 Å². The quantitative estimate of drug-likeness (QED) is 0.708. The summed E-state index contributed by atoms with van der Waals surface area (Å²) in [5.41, 5.74) is 1.31. The van der Waals surface area contributed by atoms with Gasteiger partial charge in [-0.15, -0.1) is 24.8 Å². The fourth-order valence-corrected chi connectivity index (χ4v) is 3.25. The molecule has 27 heavy (non-hydrogen) atoms. The molecule has 8 nitrogen and oxygen atoms in total. The number of fused-ring (bicyclic) bond motifs is 1. The number of rotatable bonds is 2. The van der Waals surface area contributed by atoms with Crippen molar-refractivity contribution in [2.75, 3.05) is 38.1 Å². The Morgan fingerprint density at radius 3 is 2.11 bits per heavy atom. The molecule has 7 N–H and O–H groups in total. The second kappa shape index (κ2) is 12.4. The van der Waals surface area contributed by atoms with E-state index in [9.17, 15) is 9.90 Å². The van der Waals surface area contributed by atoms with Gasteiger partial charge in [-0.1, -0.05) is 23.2 Å². The van der Waals surface area contributed by atoms with Crippen LogP contribution in [0, 0.1) is 0 Å². The SMILES string of the molecule is CN1CCN(c2cc(C(=O)O)nc3cc(Cl)cc(Cl)c23)CC1.Cl.Cl.O.O.O. The van der Waals surface area contributed by atoms with Gasteiger partial charge in [0.1, 0.15) is 0 Å². The minimum atomic E-state index is -1.06. The molecule has 12 heteroatoms. The van der Waals surface area contributed by atoms with Gasteiger partial charge >= 0.3 is 5.97 Å². The molecule has 1 aliphatic rings. The highest BCUT2D eigenvalue weighted by atomic mass is 35.5. The lowest BCUT2D eigenvalue weighted by Gasteiger charge is -2.34. The molecule has 0 saturated carbocycles. The Balaban J connectivity index is -0.00000115. The second-order valence-electron chi connectivity index (χ2n) is 5.40. The summed E-state index contributed by atoms with van der Waals surface area (Å²) >= 11 is 12.4. The number of hydrogen-bond donors (Lipinski definition) is 1. The molecule has 0 amide bonds. The van der Waals surface area contributed by atoms with Gasteiger partial charge < -0.3 is 31.3 Å². The van der Waals surface area contributed by atoms with Crippen LogP contribution in [-0.4, -0.2) is 70.6 Å². The first kappa shape index (κ1) is 30.6. The Kier molecular flexibility index (Phi) is 14.0. The van der Waals surface area contributed by atoms with Crippen LogP contribution in [0.2, 0.25) is 10.0 Å². The molecule has 0 unspecified atom stereocenters. The smallest absolute Gasteiger partial charge is 0.354 e. The molecule has 2 heterocycles. The number of aromatic nitrogens is 1. The second-order valence-corrected chi connectivity index (χ2v) is 6.25. The van der Waals surface area contributed by atoms with Crippen molar-refractivity contribution in [2.45, 2.75) is 0 Å². The van der Waals surface area contributed by atoms with Crippen molar-refractivity contribution < 1.29 is 26.3 Å². The third-order valence-corrected chi connectivity index (χ3v) is 4.38. The zero-order valence-electron chi connectivity index (χ0n) is 14.3. The van der Waals surface area contributed by atoms with Gasteiger partial charge in [-0.3, -0.25) is 0 Å². The number of piperazine rings is 1. The number of aromatic carboxylic acids is 1. The van der Waals surface area contributed by atoms with Gasteiger partial charge in [0.05, 0.1) is 16.2 Å². The molecule has 3 rings (SSSR count). The largest absolute Gasteiger partial charge is 0.477 e. The highest BCUT2D eigenvalue weighted by Gasteiger charge is 2.21. The Morgan fingerprint density at radius 2 is 1.59 bits per heavy atom. The molecule has 1 saturated heterocycles. The Bertz CT molecular complexity index is 758. The highest BCUT2D eigenvalue weighted by Crippen LogP contribution is 2.35. The number of carboxylic acids is 1. The monoisotopic (exact) mass is 465 g/mol. The summed E-state index contributed by atoms with van der Waals surface area (Å²) in [7, 11) is 2.07. The van der Waals surface area contributed by atoms with Crippen LogP contribution in [0.1, 0.15) is 10.5 Å². The van der Waals surface area contributed by atoms with E-state index in [2.05, 4.69) is 21.8 Å². The molecule has 1 aromatic carbocycles. The maximum atomic E-state index is 11.3. The normalized spacial score (nSPS) is 13.2. The number of benzene rings is 1. The summed E-state index contributed by atoms with van der Waals surface area (Å²) in [6.07, 6.45) is 0. The minimum Gasteiger partial charge on any atom is -0.477 e. The van der Waals surface area contributed by atoms with Crippen LogP contribution in [0.4, 0.5) is 5.69 Å². The number of likely N-dealkylation sites (N-methyl/N-ethyl adjacent to an activating group) is 1. The number of nitrogens with zero attached hydrogens (tertiary/aromatic N) is 3. The molecular weight excluding hydrogens is 444 g/mol. The number of carbonyl (C=O) groups is 1. The Morgan fingerprint density at radius 1 is 1.04 bits per heavy atom. The zero-order chi connectivity index (χ0) is 15.9. The highest BCUT2D eigenvalue weighted by molar-refractivity contribution is 6.39. The van der Waals surface area contributed by atoms with Gasteiger partial charge in [0, 0.05) is 36.6 Å². The number of halogens is 4. The van der Waals surface area contributed by atoms with Gasteiger partial charge in [-0.2, -0.15) is 0 Å². The maximum Gasteiger partial charge on any atom is 0.354 e. The summed E-state index contributed by atoms with van der Waals surface area (Å²) in [6.45, 7) is 3.45. The van der Waals surface area contributed by atoms with Crippen molar-refractivity contribution >= 4 is 70.6 Å². The van der Waals surface area contributed by atoms with E-state index in [0.717, 1.165) is 37.3 Å². The maximum absolute atomic E-state index is 11.3. The number of hydrogen-bond acceptors (Lipinski definition) is 4. The summed E-state index contributed by atoms with van der Waals surface area (Å²) in [4.78, 5) is 19.9. The Labute approximate surface area is 178 Å². The van der Waals surface area contributed by atoms with Crippen molar-refractivity contribution in [1.82, 2.24) is 9.88 Å². The molecule has 1 fully saturated rings. The lowest BCUT2D eigenvalue weighted by molar-refractivity contribution is 0.0691. The number of carboxylic acid groups (broad SMARTS) is 1. The Hall–Kier alpha value is -1.10. The van der Waals surface area contributed by atoms with Crippen molar-refractivity contribution in [1.29, 1.82) is 0 Å². The van der Waals surface area contributed by atoms with Crippen LogP contribution in [0.5, 0.6) is 0 Å². The summed E-state index contributed by atoms with van der Waals surface area (Å²) in [5.74, 6) is -1.06. The van der Waals surface area contributed by atoms with E-state index >= 15 is 0 Å². The predicted octanol–water partition coefficient (Wildman–Crippen LogP) is 1.36. The van der Waals surface area contributed by atoms with E-state index in [1.54, 1.807) is 18.2 Å². The first-order chi connectivity index (χ1) is 10.5. The lowest BCUT2D eigenvalue weighted by Crippen LogP contribution is -2.44. The molecule has 0 atom stereocenters. The molecule has 1 aromatic heterocycles. The van der Waals surface area contributed by atoms with E-state index in [0.29, 0.717) is 15.6 Å². The average Bonchev–Trinajstić information content (AvgIpc) is 2.46. The molecule has 0 spiro atoms. The molecule has 0 aliphatic carbocycles.